The van der Waals surface area contributed by atoms with Crippen molar-refractivity contribution in [1.82, 2.24) is 0 Å². The molecule has 0 fully saturated rings. The van der Waals surface area contributed by atoms with Crippen molar-refractivity contribution in [1.29, 1.82) is 0 Å². The molecule has 152 valence electrons. The van der Waals surface area contributed by atoms with E-state index in [1.807, 2.05) is 36.4 Å². The summed E-state index contributed by atoms with van der Waals surface area (Å²) in [4.78, 5) is 27.2. The zero-order valence-corrected chi connectivity index (χ0v) is 17.5. The average Bonchev–Trinajstić information content (AvgIpc) is 3.06. The van der Waals surface area contributed by atoms with Crippen molar-refractivity contribution in [2.24, 2.45) is 0 Å². The number of imide groups is 1. The van der Waals surface area contributed by atoms with Crippen LogP contribution in [0.5, 0.6) is 0 Å². The SMILES string of the molecule is Cc1c(C)c(F)c2c(c1C)C(=O)N(c1ccc(-c3cccc4ccccc34)cc1)C2=O. The summed E-state index contributed by atoms with van der Waals surface area (Å²) in [7, 11) is 0. The van der Waals surface area contributed by atoms with Crippen LogP contribution >= 0.6 is 0 Å². The molecule has 0 aliphatic carbocycles. The van der Waals surface area contributed by atoms with Gasteiger partial charge in [-0.25, -0.2) is 9.29 Å². The number of hydrogen-bond donors (Lipinski definition) is 0. The Morgan fingerprint density at radius 1 is 0.677 bits per heavy atom. The topological polar surface area (TPSA) is 37.4 Å². The predicted octanol–water partition coefficient (Wildman–Crippen LogP) is 6.37. The Labute approximate surface area is 179 Å². The van der Waals surface area contributed by atoms with E-state index >= 15 is 0 Å². The first kappa shape index (κ1) is 19.2. The number of amides is 2. The third kappa shape index (κ3) is 2.72. The minimum Gasteiger partial charge on any atom is -0.268 e. The fraction of sp³-hybridized carbons (Fsp3) is 0.111. The van der Waals surface area contributed by atoms with Crippen LogP contribution in [0.1, 0.15) is 37.4 Å². The molecule has 0 bridgehead atoms. The van der Waals surface area contributed by atoms with Gasteiger partial charge in [0, 0.05) is 0 Å². The van der Waals surface area contributed by atoms with Crippen molar-refractivity contribution in [3.63, 3.8) is 0 Å². The zero-order chi connectivity index (χ0) is 21.9. The van der Waals surface area contributed by atoms with E-state index in [4.69, 9.17) is 0 Å². The molecule has 3 nitrogen and oxygen atoms in total. The molecule has 2 amide bonds. The molecule has 0 saturated heterocycles. The molecule has 31 heavy (non-hydrogen) atoms. The molecule has 0 aromatic heterocycles. The Kier molecular flexibility index (Phi) is 4.26. The number of fused-ring (bicyclic) bond motifs is 2. The summed E-state index contributed by atoms with van der Waals surface area (Å²) in [6.07, 6.45) is 0. The van der Waals surface area contributed by atoms with E-state index in [0.29, 0.717) is 22.4 Å². The number of halogens is 1. The monoisotopic (exact) mass is 409 g/mol. The van der Waals surface area contributed by atoms with Crippen molar-refractivity contribution in [2.75, 3.05) is 4.90 Å². The van der Waals surface area contributed by atoms with Gasteiger partial charge in [-0.2, -0.15) is 0 Å². The maximum atomic E-state index is 14.9. The summed E-state index contributed by atoms with van der Waals surface area (Å²) in [5, 5.41) is 2.27. The van der Waals surface area contributed by atoms with Crippen molar-refractivity contribution in [2.45, 2.75) is 20.8 Å². The van der Waals surface area contributed by atoms with Gasteiger partial charge in [0.15, 0.2) is 0 Å². The van der Waals surface area contributed by atoms with E-state index in [0.717, 1.165) is 26.8 Å². The Morgan fingerprint density at radius 2 is 1.32 bits per heavy atom. The van der Waals surface area contributed by atoms with Gasteiger partial charge in [0.25, 0.3) is 11.8 Å². The molecule has 0 radical (unpaired) electrons. The molecule has 0 saturated carbocycles. The van der Waals surface area contributed by atoms with Crippen LogP contribution in [0.25, 0.3) is 21.9 Å². The average molecular weight is 409 g/mol. The smallest absolute Gasteiger partial charge is 0.268 e. The third-order valence-corrected chi connectivity index (χ3v) is 6.36. The van der Waals surface area contributed by atoms with Gasteiger partial charge in [0.2, 0.25) is 0 Å². The molecule has 1 heterocycles. The van der Waals surface area contributed by atoms with Gasteiger partial charge in [-0.15, -0.1) is 0 Å². The molecule has 5 rings (SSSR count). The molecule has 4 heteroatoms. The van der Waals surface area contributed by atoms with Crippen LogP contribution < -0.4 is 4.90 Å². The van der Waals surface area contributed by atoms with Crippen LogP contribution in [0.2, 0.25) is 0 Å². The fourth-order valence-corrected chi connectivity index (χ4v) is 4.40. The predicted molar refractivity (Wildman–Crippen MR) is 121 cm³/mol. The second kappa shape index (κ2) is 6.88. The molecule has 1 aliphatic heterocycles. The molecule has 1 aliphatic rings. The lowest BCUT2D eigenvalue weighted by atomic mass is 9.94. The van der Waals surface area contributed by atoms with Gasteiger partial charge in [-0.1, -0.05) is 54.6 Å². The number of hydrogen-bond acceptors (Lipinski definition) is 2. The fourth-order valence-electron chi connectivity index (χ4n) is 4.40. The Balaban J connectivity index is 1.58. The van der Waals surface area contributed by atoms with Gasteiger partial charge < -0.3 is 0 Å². The van der Waals surface area contributed by atoms with Gasteiger partial charge >= 0.3 is 0 Å². The molecular formula is C27H20FNO2. The first-order chi connectivity index (χ1) is 14.9. The summed E-state index contributed by atoms with van der Waals surface area (Å²) in [6, 6.07) is 21.5. The highest BCUT2D eigenvalue weighted by molar-refractivity contribution is 6.35. The number of benzene rings is 4. The minimum absolute atomic E-state index is 0.122. The summed E-state index contributed by atoms with van der Waals surface area (Å²) in [6.45, 7) is 5.17. The van der Waals surface area contributed by atoms with Crippen molar-refractivity contribution < 1.29 is 14.0 Å². The van der Waals surface area contributed by atoms with Gasteiger partial charge in [-0.05, 0) is 71.5 Å². The van der Waals surface area contributed by atoms with E-state index in [1.54, 1.807) is 32.9 Å². The summed E-state index contributed by atoms with van der Waals surface area (Å²) in [5.41, 5.74) is 4.29. The summed E-state index contributed by atoms with van der Waals surface area (Å²) < 4.78 is 14.9. The number of carbonyl (C=O) groups excluding carboxylic acids is 2. The first-order valence-electron chi connectivity index (χ1n) is 10.2. The molecule has 0 N–H and O–H groups in total. The Morgan fingerprint density at radius 3 is 2.06 bits per heavy atom. The van der Waals surface area contributed by atoms with E-state index in [-0.39, 0.29) is 11.1 Å². The van der Waals surface area contributed by atoms with E-state index in [9.17, 15) is 14.0 Å². The van der Waals surface area contributed by atoms with Crippen LogP contribution in [0.4, 0.5) is 10.1 Å². The molecule has 0 atom stereocenters. The lowest BCUT2D eigenvalue weighted by Crippen LogP contribution is -2.29. The van der Waals surface area contributed by atoms with Crippen LogP contribution in [0.15, 0.2) is 66.7 Å². The number of anilines is 1. The standard InChI is InChI=1S/C27H20FNO2/c1-15-16(2)23-24(25(28)17(15)3)27(31)29(26(23)30)20-13-11-19(12-14-20)22-10-6-8-18-7-4-5-9-21(18)22/h4-14H,1-3H3. The van der Waals surface area contributed by atoms with Crippen molar-refractivity contribution >= 4 is 28.3 Å². The van der Waals surface area contributed by atoms with Crippen LogP contribution in [-0.4, -0.2) is 11.8 Å². The Hall–Kier alpha value is -3.79. The van der Waals surface area contributed by atoms with E-state index < -0.39 is 17.6 Å². The Bertz CT molecular complexity index is 1350. The van der Waals surface area contributed by atoms with Crippen molar-refractivity contribution in [3.05, 3.63) is 100 Å². The molecule has 0 spiro atoms. The molecule has 0 unspecified atom stereocenters. The molecule has 4 aromatic rings. The lowest BCUT2D eigenvalue weighted by Gasteiger charge is -2.15. The zero-order valence-electron chi connectivity index (χ0n) is 17.5. The van der Waals surface area contributed by atoms with Gasteiger partial charge in [-0.3, -0.25) is 9.59 Å². The molecule has 4 aromatic carbocycles. The largest absolute Gasteiger partial charge is 0.269 e. The maximum absolute atomic E-state index is 14.9. The second-order valence-corrected chi connectivity index (χ2v) is 7.96. The minimum atomic E-state index is -0.610. The van der Waals surface area contributed by atoms with Crippen LogP contribution in [0, 0.1) is 26.6 Å². The van der Waals surface area contributed by atoms with Crippen molar-refractivity contribution in [3.8, 4) is 11.1 Å². The second-order valence-electron chi connectivity index (χ2n) is 7.96. The highest BCUT2D eigenvalue weighted by Crippen LogP contribution is 2.36. The molecular weight excluding hydrogens is 389 g/mol. The van der Waals surface area contributed by atoms with Gasteiger partial charge in [0.1, 0.15) is 5.82 Å². The third-order valence-electron chi connectivity index (χ3n) is 6.36. The quantitative estimate of drug-likeness (QED) is 0.361. The van der Waals surface area contributed by atoms with Gasteiger partial charge in [0.05, 0.1) is 16.8 Å². The van der Waals surface area contributed by atoms with Crippen LogP contribution in [-0.2, 0) is 0 Å². The number of nitrogens with zero attached hydrogens (tertiary/aromatic N) is 1. The maximum Gasteiger partial charge on any atom is 0.269 e. The lowest BCUT2D eigenvalue weighted by molar-refractivity contribution is 0.0925. The van der Waals surface area contributed by atoms with E-state index in [1.165, 1.54) is 0 Å². The van der Waals surface area contributed by atoms with E-state index in [2.05, 4.69) is 18.2 Å². The number of rotatable bonds is 2. The normalized spacial score (nSPS) is 13.2. The highest BCUT2D eigenvalue weighted by Gasteiger charge is 2.41. The number of carbonyl (C=O) groups is 2. The first-order valence-corrected chi connectivity index (χ1v) is 10.2. The highest BCUT2D eigenvalue weighted by atomic mass is 19.1. The van der Waals surface area contributed by atoms with Crippen LogP contribution in [0.3, 0.4) is 0 Å². The summed E-state index contributed by atoms with van der Waals surface area (Å²) in [5.74, 6) is -1.69. The summed E-state index contributed by atoms with van der Waals surface area (Å²) >= 11 is 0.